The topological polar surface area (TPSA) is 54.2 Å². The van der Waals surface area contributed by atoms with Crippen LogP contribution in [0.1, 0.15) is 59.2 Å². The monoisotopic (exact) mass is 442 g/mol. The van der Waals surface area contributed by atoms with Crippen molar-refractivity contribution in [2.75, 3.05) is 18.0 Å². The van der Waals surface area contributed by atoms with Gasteiger partial charge < -0.3 is 14.6 Å². The Morgan fingerprint density at radius 1 is 1.29 bits per heavy atom. The summed E-state index contributed by atoms with van der Waals surface area (Å²) in [6.07, 6.45) is 10.4. The van der Waals surface area contributed by atoms with Crippen LogP contribution in [-0.4, -0.2) is 39.1 Å². The van der Waals surface area contributed by atoms with E-state index in [0.29, 0.717) is 11.6 Å². The van der Waals surface area contributed by atoms with Crippen LogP contribution in [-0.2, 0) is 12.5 Å². The number of rotatable bonds is 6. The third-order valence-corrected chi connectivity index (χ3v) is 6.48. The lowest BCUT2D eigenvalue weighted by atomic mass is 9.93. The van der Waals surface area contributed by atoms with E-state index in [9.17, 15) is 5.11 Å². The fourth-order valence-corrected chi connectivity index (χ4v) is 4.64. The Balaban J connectivity index is 0.00000132. The molecule has 0 bridgehead atoms. The predicted octanol–water partition coefficient (Wildman–Crippen LogP) is 5.68. The van der Waals surface area contributed by atoms with Crippen molar-refractivity contribution in [2.24, 2.45) is 7.05 Å². The van der Waals surface area contributed by atoms with Gasteiger partial charge in [0.15, 0.2) is 5.82 Å². The quantitative estimate of drug-likeness (QED) is 0.585. The maximum absolute atomic E-state index is 9.80. The number of hydrogen-bond acceptors (Lipinski definition) is 4. The van der Waals surface area contributed by atoms with Crippen molar-refractivity contribution in [3.63, 3.8) is 0 Å². The average Bonchev–Trinajstić information content (AvgIpc) is 3.30. The first-order chi connectivity index (χ1) is 15.0. The van der Waals surface area contributed by atoms with Gasteiger partial charge in [-0.1, -0.05) is 50.6 Å². The van der Waals surface area contributed by atoms with Gasteiger partial charge in [0, 0.05) is 31.4 Å². The Bertz CT molecular complexity index is 958. The maximum Gasteiger partial charge on any atom is 0.165 e. The van der Waals surface area contributed by atoms with Crippen molar-refractivity contribution in [1.82, 2.24) is 14.8 Å². The molecule has 2 heterocycles. The van der Waals surface area contributed by atoms with E-state index < -0.39 is 0 Å². The van der Waals surface area contributed by atoms with Crippen LogP contribution in [0.15, 0.2) is 42.0 Å². The Kier molecular flexibility index (Phi) is 7.60. The highest BCUT2D eigenvalue weighted by Gasteiger charge is 2.50. The Hall–Kier alpha value is -2.11. The van der Waals surface area contributed by atoms with E-state index in [1.165, 1.54) is 5.57 Å². The highest BCUT2D eigenvalue weighted by atomic mass is 35.5. The van der Waals surface area contributed by atoms with Crippen molar-refractivity contribution < 1.29 is 5.11 Å². The smallest absolute Gasteiger partial charge is 0.165 e. The Labute approximate surface area is 191 Å². The summed E-state index contributed by atoms with van der Waals surface area (Å²) in [6, 6.07) is 6.04. The second kappa shape index (κ2) is 10.0. The van der Waals surface area contributed by atoms with Crippen molar-refractivity contribution in [2.45, 2.75) is 64.9 Å². The van der Waals surface area contributed by atoms with Crippen molar-refractivity contribution in [3.8, 4) is 11.4 Å². The molecule has 1 aromatic heterocycles. The zero-order valence-electron chi connectivity index (χ0n) is 19.4. The summed E-state index contributed by atoms with van der Waals surface area (Å²) in [5.41, 5.74) is 3.21. The molecule has 4 rings (SSSR count). The molecule has 2 aromatic rings. The zero-order valence-corrected chi connectivity index (χ0v) is 20.2. The maximum atomic E-state index is 9.80. The molecular weight excluding hydrogens is 408 g/mol. The summed E-state index contributed by atoms with van der Waals surface area (Å²) < 4.78 is 2.09. The van der Waals surface area contributed by atoms with Gasteiger partial charge in [-0.05, 0) is 56.4 Å². The van der Waals surface area contributed by atoms with E-state index in [2.05, 4.69) is 57.8 Å². The van der Waals surface area contributed by atoms with Crippen LogP contribution >= 0.6 is 11.6 Å². The number of aliphatic hydroxyl groups excluding tert-OH is 1. The normalized spacial score (nSPS) is 20.2. The molecule has 0 spiro atoms. The molecule has 1 aliphatic carbocycles. The van der Waals surface area contributed by atoms with Crippen LogP contribution < -0.4 is 4.90 Å². The minimum atomic E-state index is -0.257. The van der Waals surface area contributed by atoms with Gasteiger partial charge in [0.1, 0.15) is 5.82 Å². The van der Waals surface area contributed by atoms with Gasteiger partial charge in [0.2, 0.25) is 0 Å². The molecule has 2 aliphatic rings. The summed E-state index contributed by atoms with van der Waals surface area (Å²) in [4.78, 5) is 2.17. The second-order valence-corrected chi connectivity index (χ2v) is 8.50. The summed E-state index contributed by atoms with van der Waals surface area (Å²) >= 11 is 6.66. The van der Waals surface area contributed by atoms with Crippen LogP contribution in [0.25, 0.3) is 11.4 Å². The molecule has 0 radical (unpaired) electrons. The molecule has 168 valence electrons. The lowest BCUT2D eigenvalue weighted by Gasteiger charge is -2.19. The molecule has 1 aliphatic heterocycles. The van der Waals surface area contributed by atoms with E-state index in [1.54, 1.807) is 0 Å². The summed E-state index contributed by atoms with van der Waals surface area (Å²) in [7, 11) is 2.03. The van der Waals surface area contributed by atoms with Gasteiger partial charge in [0.25, 0.3) is 0 Å². The van der Waals surface area contributed by atoms with Crippen molar-refractivity contribution >= 4 is 17.3 Å². The van der Waals surface area contributed by atoms with Crippen molar-refractivity contribution in [1.29, 1.82) is 0 Å². The zero-order chi connectivity index (χ0) is 22.6. The number of anilines is 1. The molecule has 1 aromatic carbocycles. The number of allylic oxidation sites excluding steroid dienone is 4. The van der Waals surface area contributed by atoms with E-state index in [-0.39, 0.29) is 11.5 Å². The molecule has 31 heavy (non-hydrogen) atoms. The molecule has 0 amide bonds. The van der Waals surface area contributed by atoms with Gasteiger partial charge in [0.05, 0.1) is 16.5 Å². The van der Waals surface area contributed by atoms with Crippen LogP contribution in [0.5, 0.6) is 0 Å². The van der Waals surface area contributed by atoms with Gasteiger partial charge in [-0.2, -0.15) is 0 Å². The molecule has 1 N–H and O–H groups in total. The third-order valence-electron chi connectivity index (χ3n) is 6.17. The molecule has 1 atom stereocenters. The highest BCUT2D eigenvalue weighted by molar-refractivity contribution is 6.33. The number of aromatic nitrogens is 3. The minimum Gasteiger partial charge on any atom is -0.391 e. The Morgan fingerprint density at radius 3 is 2.58 bits per heavy atom. The average molecular weight is 443 g/mol. The van der Waals surface area contributed by atoms with Crippen LogP contribution in [0.2, 0.25) is 5.02 Å². The second-order valence-electron chi connectivity index (χ2n) is 8.10. The molecule has 1 saturated carbocycles. The van der Waals surface area contributed by atoms with Gasteiger partial charge >= 0.3 is 0 Å². The first-order valence-electron chi connectivity index (χ1n) is 11.5. The molecular formula is C25H35ClN4O. The summed E-state index contributed by atoms with van der Waals surface area (Å²) in [5.74, 6) is 1.79. The number of benzene rings is 1. The first kappa shape index (κ1) is 23.6. The number of β-amino-alcohol motifs (C(OH)–C–C–N with tert-alkyl or cyclic N) is 1. The molecule has 1 saturated heterocycles. The van der Waals surface area contributed by atoms with E-state index in [0.717, 1.165) is 55.1 Å². The van der Waals surface area contributed by atoms with E-state index >= 15 is 0 Å². The Morgan fingerprint density at radius 2 is 2.03 bits per heavy atom. The molecule has 2 fully saturated rings. The lowest BCUT2D eigenvalue weighted by molar-refractivity contribution is 0.198. The van der Waals surface area contributed by atoms with Crippen LogP contribution in [0, 0.1) is 0 Å². The largest absolute Gasteiger partial charge is 0.391 e. The van der Waals surface area contributed by atoms with Crippen LogP contribution in [0.4, 0.5) is 5.69 Å². The number of aliphatic hydroxyl groups is 1. The molecule has 6 heteroatoms. The third kappa shape index (κ3) is 4.58. The summed E-state index contributed by atoms with van der Waals surface area (Å²) in [6.45, 7) is 9.75. The SMILES string of the molecule is C/C=C(\C=C/CC)C1(c2nnc(-c3ccc(N4CCC(O)C4)cc3Cl)n2C)CC1.CC. The van der Waals surface area contributed by atoms with Crippen LogP contribution in [0.3, 0.4) is 0 Å². The van der Waals surface area contributed by atoms with Gasteiger partial charge in [-0.3, -0.25) is 0 Å². The first-order valence-corrected chi connectivity index (χ1v) is 11.8. The van der Waals surface area contributed by atoms with Gasteiger partial charge in [-0.15, -0.1) is 10.2 Å². The van der Waals surface area contributed by atoms with E-state index in [1.807, 2.05) is 33.0 Å². The number of halogens is 1. The van der Waals surface area contributed by atoms with E-state index in [4.69, 9.17) is 11.6 Å². The molecule has 5 nitrogen and oxygen atoms in total. The van der Waals surface area contributed by atoms with Crippen molar-refractivity contribution in [3.05, 3.63) is 52.8 Å². The standard InChI is InChI=1S/C23H29ClN4O.C2H6/c1-4-6-7-16(5-2)23(11-12-23)22-26-25-21(27(22)3)19-9-8-17(14-20(19)24)28-13-10-18(29)15-28;1-2/h5-9,14,18,29H,4,10-13,15H2,1-3H3;1-2H3/b7-6-,16-5+;. The fourth-order valence-electron chi connectivity index (χ4n) is 4.38. The highest BCUT2D eigenvalue weighted by Crippen LogP contribution is 2.54. The molecule has 1 unspecified atom stereocenters. The minimum absolute atomic E-state index is 0.0292. The summed E-state index contributed by atoms with van der Waals surface area (Å²) in [5, 5.41) is 19.6. The number of nitrogens with zero attached hydrogens (tertiary/aromatic N) is 4. The predicted molar refractivity (Wildman–Crippen MR) is 130 cm³/mol. The number of hydrogen-bond donors (Lipinski definition) is 1. The fraction of sp³-hybridized carbons (Fsp3) is 0.520. The van der Waals surface area contributed by atoms with Gasteiger partial charge in [-0.25, -0.2) is 0 Å². The lowest BCUT2D eigenvalue weighted by Crippen LogP contribution is -2.21.